The van der Waals surface area contributed by atoms with E-state index >= 15 is 0 Å². The van der Waals surface area contributed by atoms with Gasteiger partial charge >= 0.3 is 5.97 Å². The summed E-state index contributed by atoms with van der Waals surface area (Å²) in [5, 5.41) is 9.01. The topological polar surface area (TPSA) is 65.0 Å². The highest BCUT2D eigenvalue weighted by atomic mass is 16.7. The number of ether oxygens (including phenoxy) is 3. The lowest BCUT2D eigenvalue weighted by atomic mass is 10.0. The molecule has 1 aliphatic rings. The van der Waals surface area contributed by atoms with E-state index in [9.17, 15) is 4.79 Å². The van der Waals surface area contributed by atoms with Gasteiger partial charge in [-0.15, -0.1) is 0 Å². The fourth-order valence-electron chi connectivity index (χ4n) is 2.44. The van der Waals surface area contributed by atoms with Crippen LogP contribution in [0.2, 0.25) is 0 Å². The van der Waals surface area contributed by atoms with Crippen molar-refractivity contribution in [3.05, 3.63) is 29.8 Å². The molecular formula is C18H26O5. The number of carboxylic acids is 1. The summed E-state index contributed by atoms with van der Waals surface area (Å²) in [7, 11) is 0. The third kappa shape index (κ3) is 4.94. The van der Waals surface area contributed by atoms with Crippen LogP contribution >= 0.6 is 0 Å². The smallest absolute Gasteiger partial charge is 0.364 e. The van der Waals surface area contributed by atoms with Gasteiger partial charge in [0.15, 0.2) is 0 Å². The molecule has 0 aliphatic carbocycles. The van der Waals surface area contributed by atoms with Crippen molar-refractivity contribution in [2.75, 3.05) is 19.8 Å². The zero-order valence-corrected chi connectivity index (χ0v) is 14.1. The molecule has 0 amide bonds. The minimum Gasteiger partial charge on any atom is -0.494 e. The fraction of sp³-hybridized carbons (Fsp3) is 0.611. The highest BCUT2D eigenvalue weighted by Gasteiger charge is 2.40. The predicted octanol–water partition coefficient (Wildman–Crippen LogP) is 3.43. The van der Waals surface area contributed by atoms with Crippen molar-refractivity contribution in [3.63, 3.8) is 0 Å². The highest BCUT2D eigenvalue weighted by molar-refractivity contribution is 5.75. The molecule has 0 radical (unpaired) electrons. The molecule has 128 valence electrons. The average Bonchev–Trinajstić information content (AvgIpc) is 2.53. The first kappa shape index (κ1) is 17.8. The predicted molar refractivity (Wildman–Crippen MR) is 86.7 cm³/mol. The molecule has 0 bridgehead atoms. The Labute approximate surface area is 137 Å². The van der Waals surface area contributed by atoms with Crippen LogP contribution in [0.25, 0.3) is 0 Å². The maximum absolute atomic E-state index is 11.0. The van der Waals surface area contributed by atoms with Crippen LogP contribution in [-0.2, 0) is 14.3 Å². The second-order valence-electron chi connectivity index (χ2n) is 6.45. The first-order valence-electron chi connectivity index (χ1n) is 8.15. The van der Waals surface area contributed by atoms with E-state index in [2.05, 4.69) is 26.0 Å². The Morgan fingerprint density at radius 1 is 1.30 bits per heavy atom. The van der Waals surface area contributed by atoms with Gasteiger partial charge in [0.2, 0.25) is 0 Å². The summed E-state index contributed by atoms with van der Waals surface area (Å²) in [6.07, 6.45) is 1.77. The van der Waals surface area contributed by atoms with Gasteiger partial charge < -0.3 is 19.3 Å². The second-order valence-corrected chi connectivity index (χ2v) is 6.45. The Bertz CT molecular complexity index is 501. The van der Waals surface area contributed by atoms with E-state index in [0.717, 1.165) is 18.6 Å². The Hall–Kier alpha value is -1.59. The Balaban J connectivity index is 1.65. The van der Waals surface area contributed by atoms with Crippen molar-refractivity contribution in [2.24, 2.45) is 5.92 Å². The normalized spacial score (nSPS) is 24.6. The number of benzene rings is 1. The van der Waals surface area contributed by atoms with Crippen LogP contribution in [0.1, 0.15) is 45.1 Å². The Morgan fingerprint density at radius 2 is 1.91 bits per heavy atom. The van der Waals surface area contributed by atoms with Crippen molar-refractivity contribution in [1.29, 1.82) is 0 Å². The molecule has 1 fully saturated rings. The van der Waals surface area contributed by atoms with Crippen molar-refractivity contribution < 1.29 is 24.1 Å². The lowest BCUT2D eigenvalue weighted by Crippen LogP contribution is -2.47. The van der Waals surface area contributed by atoms with Gasteiger partial charge in [-0.2, -0.15) is 0 Å². The Morgan fingerprint density at radius 3 is 2.43 bits per heavy atom. The summed E-state index contributed by atoms with van der Waals surface area (Å²) in [6, 6.07) is 8.19. The van der Waals surface area contributed by atoms with Gasteiger partial charge in [-0.3, -0.25) is 0 Å². The van der Waals surface area contributed by atoms with Gasteiger partial charge in [-0.05, 0) is 36.5 Å². The molecule has 1 heterocycles. The molecule has 0 saturated carbocycles. The minimum atomic E-state index is -1.49. The maximum Gasteiger partial charge on any atom is 0.364 e. The number of hydrogen-bond acceptors (Lipinski definition) is 4. The quantitative estimate of drug-likeness (QED) is 0.779. The molecule has 1 saturated heterocycles. The minimum absolute atomic E-state index is 0.217. The SMILES string of the molecule is CC(C)c1ccc(OCCCC2COC(C)(C(=O)O)OC2)cc1. The molecule has 1 aromatic rings. The van der Waals surface area contributed by atoms with E-state index in [1.807, 2.05) is 12.1 Å². The molecule has 0 aromatic heterocycles. The number of carbonyl (C=O) groups is 1. The maximum atomic E-state index is 11.0. The van der Waals surface area contributed by atoms with Crippen LogP contribution in [0.3, 0.4) is 0 Å². The number of carboxylic acid groups (broad SMARTS) is 1. The van der Waals surface area contributed by atoms with Crippen LogP contribution in [-0.4, -0.2) is 36.7 Å². The Kier molecular flexibility index (Phi) is 6.02. The molecular weight excluding hydrogens is 296 g/mol. The molecule has 1 N–H and O–H groups in total. The summed E-state index contributed by atoms with van der Waals surface area (Å²) in [6.45, 7) is 7.22. The fourth-order valence-corrected chi connectivity index (χ4v) is 2.44. The standard InChI is InChI=1S/C18H26O5/c1-13(2)15-6-8-16(9-7-15)21-10-4-5-14-11-22-18(3,17(19)20)23-12-14/h6-9,13-14H,4-5,10-12H2,1-3H3,(H,19,20). The molecule has 0 unspecified atom stereocenters. The number of rotatable bonds is 7. The van der Waals surface area contributed by atoms with Crippen LogP contribution < -0.4 is 4.74 Å². The van der Waals surface area contributed by atoms with Crippen molar-refractivity contribution in [2.45, 2.75) is 45.3 Å². The molecule has 5 heteroatoms. The van der Waals surface area contributed by atoms with Crippen LogP contribution in [0.15, 0.2) is 24.3 Å². The van der Waals surface area contributed by atoms with E-state index in [0.29, 0.717) is 25.7 Å². The van der Waals surface area contributed by atoms with Crippen LogP contribution in [0, 0.1) is 5.92 Å². The lowest BCUT2D eigenvalue weighted by molar-refractivity contribution is -0.271. The molecule has 5 nitrogen and oxygen atoms in total. The van der Waals surface area contributed by atoms with Gasteiger partial charge in [0.1, 0.15) is 5.75 Å². The first-order valence-corrected chi connectivity index (χ1v) is 8.15. The third-order valence-corrected chi connectivity index (χ3v) is 4.15. The molecule has 1 aliphatic heterocycles. The monoisotopic (exact) mass is 322 g/mol. The van der Waals surface area contributed by atoms with E-state index in [1.165, 1.54) is 12.5 Å². The highest BCUT2D eigenvalue weighted by Crippen LogP contribution is 2.24. The van der Waals surface area contributed by atoms with Gasteiger partial charge in [-0.25, -0.2) is 4.79 Å². The van der Waals surface area contributed by atoms with Crippen molar-refractivity contribution >= 4 is 5.97 Å². The van der Waals surface area contributed by atoms with Crippen molar-refractivity contribution in [3.8, 4) is 5.75 Å². The summed E-state index contributed by atoms with van der Waals surface area (Å²) in [4.78, 5) is 11.0. The summed E-state index contributed by atoms with van der Waals surface area (Å²) >= 11 is 0. The molecule has 23 heavy (non-hydrogen) atoms. The largest absolute Gasteiger partial charge is 0.494 e. The zero-order chi connectivity index (χ0) is 16.9. The zero-order valence-electron chi connectivity index (χ0n) is 14.1. The van der Waals surface area contributed by atoms with E-state index in [4.69, 9.17) is 19.3 Å². The van der Waals surface area contributed by atoms with E-state index < -0.39 is 11.8 Å². The summed E-state index contributed by atoms with van der Waals surface area (Å²) in [5.41, 5.74) is 1.30. The van der Waals surface area contributed by atoms with Gasteiger partial charge in [0.05, 0.1) is 19.8 Å². The van der Waals surface area contributed by atoms with Crippen molar-refractivity contribution in [1.82, 2.24) is 0 Å². The van der Waals surface area contributed by atoms with E-state index in [1.54, 1.807) is 0 Å². The summed E-state index contributed by atoms with van der Waals surface area (Å²) < 4.78 is 16.4. The van der Waals surface area contributed by atoms with Gasteiger partial charge in [0, 0.05) is 12.8 Å². The third-order valence-electron chi connectivity index (χ3n) is 4.15. The second kappa shape index (κ2) is 7.79. The number of hydrogen-bond donors (Lipinski definition) is 1. The molecule has 0 spiro atoms. The lowest BCUT2D eigenvalue weighted by Gasteiger charge is -2.34. The van der Waals surface area contributed by atoms with Gasteiger partial charge in [0.25, 0.3) is 5.79 Å². The van der Waals surface area contributed by atoms with Gasteiger partial charge in [-0.1, -0.05) is 26.0 Å². The number of aliphatic carboxylic acids is 1. The molecule has 0 atom stereocenters. The molecule has 2 rings (SSSR count). The van der Waals surface area contributed by atoms with Crippen LogP contribution in [0.4, 0.5) is 0 Å². The van der Waals surface area contributed by atoms with Crippen LogP contribution in [0.5, 0.6) is 5.75 Å². The summed E-state index contributed by atoms with van der Waals surface area (Å²) in [5.74, 6) is -0.958. The molecule has 1 aromatic carbocycles. The average molecular weight is 322 g/mol. The first-order chi connectivity index (χ1) is 10.9. The van der Waals surface area contributed by atoms with E-state index in [-0.39, 0.29) is 5.92 Å².